The van der Waals surface area contributed by atoms with E-state index in [-0.39, 0.29) is 10.6 Å². The van der Waals surface area contributed by atoms with Crippen molar-refractivity contribution in [2.45, 2.75) is 35.0 Å². The van der Waals surface area contributed by atoms with E-state index in [4.69, 9.17) is 11.6 Å². The van der Waals surface area contributed by atoms with Crippen molar-refractivity contribution in [3.8, 4) is 0 Å². The molecule has 3 rings (SSSR count). The van der Waals surface area contributed by atoms with Crippen molar-refractivity contribution in [2.75, 3.05) is 0 Å². The van der Waals surface area contributed by atoms with Crippen LogP contribution in [-0.4, -0.2) is 23.2 Å². The van der Waals surface area contributed by atoms with Crippen LogP contribution in [0.1, 0.15) is 17.0 Å². The van der Waals surface area contributed by atoms with E-state index in [0.717, 1.165) is 11.1 Å². The van der Waals surface area contributed by atoms with Gasteiger partial charge < -0.3 is 4.57 Å². The molecule has 0 saturated heterocycles. The molecular weight excluding hydrogens is 414 g/mol. The second-order valence-electron chi connectivity index (χ2n) is 6.29. The number of sulfone groups is 1. The number of allylic oxidation sites excluding steroid dienone is 1. The van der Waals surface area contributed by atoms with E-state index in [1.54, 1.807) is 34.9 Å². The van der Waals surface area contributed by atoms with Gasteiger partial charge in [0.15, 0.2) is 15.0 Å². The topological polar surface area (TPSA) is 64.8 Å². The zero-order chi connectivity index (χ0) is 20.1. The van der Waals surface area contributed by atoms with Crippen molar-refractivity contribution in [1.29, 1.82) is 0 Å². The fourth-order valence-corrected chi connectivity index (χ4v) is 4.89. The van der Waals surface area contributed by atoms with Gasteiger partial charge in [-0.3, -0.25) is 0 Å². The van der Waals surface area contributed by atoms with Gasteiger partial charge in [0.2, 0.25) is 0 Å². The molecule has 0 aliphatic rings. The van der Waals surface area contributed by atoms with E-state index < -0.39 is 9.84 Å². The average molecular weight is 434 g/mol. The van der Waals surface area contributed by atoms with Crippen LogP contribution in [0.2, 0.25) is 5.02 Å². The number of aryl methyl sites for hydroxylation is 1. The third kappa shape index (κ3) is 5.04. The quantitative estimate of drug-likeness (QED) is 0.380. The summed E-state index contributed by atoms with van der Waals surface area (Å²) in [6.45, 7) is 6.12. The lowest BCUT2D eigenvalue weighted by Gasteiger charge is -2.09. The lowest BCUT2D eigenvalue weighted by molar-refractivity contribution is 0.590. The molecule has 0 aliphatic carbocycles. The van der Waals surface area contributed by atoms with Gasteiger partial charge in [-0.05, 0) is 36.8 Å². The minimum Gasteiger partial charge on any atom is -0.301 e. The molecule has 0 atom stereocenters. The zero-order valence-electron chi connectivity index (χ0n) is 15.4. The maximum absolute atomic E-state index is 12.8. The van der Waals surface area contributed by atoms with E-state index >= 15 is 0 Å². The van der Waals surface area contributed by atoms with E-state index in [1.165, 1.54) is 11.8 Å². The Balaban J connectivity index is 1.80. The third-order valence-corrected chi connectivity index (χ3v) is 7.00. The maximum Gasteiger partial charge on any atom is 0.191 e. The molecular formula is C20H20ClN3O2S2. The highest BCUT2D eigenvalue weighted by molar-refractivity contribution is 7.98. The normalized spacial score (nSPS) is 11.5. The molecule has 3 aromatic rings. The van der Waals surface area contributed by atoms with Crippen LogP contribution in [0.3, 0.4) is 0 Å². The fraction of sp³-hybridized carbons (Fsp3) is 0.200. The molecule has 146 valence electrons. The Morgan fingerprint density at radius 2 is 1.79 bits per heavy atom. The van der Waals surface area contributed by atoms with Crippen LogP contribution >= 0.6 is 23.4 Å². The van der Waals surface area contributed by atoms with Crippen LogP contribution < -0.4 is 0 Å². The predicted molar refractivity (Wildman–Crippen MR) is 113 cm³/mol. The third-order valence-electron chi connectivity index (χ3n) is 4.09. The van der Waals surface area contributed by atoms with E-state index in [0.29, 0.717) is 28.3 Å². The van der Waals surface area contributed by atoms with Gasteiger partial charge in [0, 0.05) is 17.3 Å². The monoisotopic (exact) mass is 433 g/mol. The van der Waals surface area contributed by atoms with Crippen molar-refractivity contribution in [1.82, 2.24) is 14.8 Å². The molecule has 0 fully saturated rings. The van der Waals surface area contributed by atoms with Gasteiger partial charge in [-0.2, -0.15) is 0 Å². The van der Waals surface area contributed by atoms with Crippen LogP contribution in [0.15, 0.2) is 71.2 Å². The molecule has 1 heterocycles. The Kier molecular flexibility index (Phi) is 6.59. The van der Waals surface area contributed by atoms with E-state index in [1.807, 2.05) is 31.2 Å². The summed E-state index contributed by atoms with van der Waals surface area (Å²) in [5.74, 6) is 0.870. The second-order valence-corrected chi connectivity index (χ2v) is 9.65. The highest BCUT2D eigenvalue weighted by Crippen LogP contribution is 2.25. The fourth-order valence-electron chi connectivity index (χ4n) is 2.57. The first-order valence-corrected chi connectivity index (χ1v) is 11.6. The summed E-state index contributed by atoms with van der Waals surface area (Å²) in [6, 6.07) is 14.4. The molecule has 28 heavy (non-hydrogen) atoms. The minimum absolute atomic E-state index is 0.210. The Labute approximate surface area is 174 Å². The first-order valence-electron chi connectivity index (χ1n) is 8.58. The van der Waals surface area contributed by atoms with Gasteiger partial charge in [-0.25, -0.2) is 8.42 Å². The molecule has 0 saturated carbocycles. The van der Waals surface area contributed by atoms with Crippen LogP contribution in [0.5, 0.6) is 0 Å². The number of rotatable bonds is 8. The molecule has 0 spiro atoms. The zero-order valence-corrected chi connectivity index (χ0v) is 17.8. The summed E-state index contributed by atoms with van der Waals surface area (Å²) in [7, 11) is -3.51. The van der Waals surface area contributed by atoms with Crippen LogP contribution in [-0.2, 0) is 27.9 Å². The summed E-state index contributed by atoms with van der Waals surface area (Å²) in [5, 5.41) is 9.67. The molecule has 1 aromatic heterocycles. The van der Waals surface area contributed by atoms with E-state index in [2.05, 4.69) is 16.8 Å². The number of aromatic nitrogens is 3. The number of nitrogens with zero attached hydrogens (tertiary/aromatic N) is 3. The first kappa shape index (κ1) is 20.6. The van der Waals surface area contributed by atoms with Gasteiger partial charge in [0.05, 0.1) is 4.90 Å². The van der Waals surface area contributed by atoms with Crippen molar-refractivity contribution in [2.24, 2.45) is 0 Å². The van der Waals surface area contributed by atoms with Gasteiger partial charge >= 0.3 is 0 Å². The van der Waals surface area contributed by atoms with Crippen molar-refractivity contribution in [3.05, 3.63) is 83.2 Å². The smallest absolute Gasteiger partial charge is 0.191 e. The highest BCUT2D eigenvalue weighted by atomic mass is 35.5. The lowest BCUT2D eigenvalue weighted by atomic mass is 10.2. The van der Waals surface area contributed by atoms with Crippen LogP contribution in [0.25, 0.3) is 0 Å². The summed E-state index contributed by atoms with van der Waals surface area (Å²) in [4.78, 5) is 0.279. The molecule has 0 aliphatic heterocycles. The summed E-state index contributed by atoms with van der Waals surface area (Å²) < 4.78 is 27.3. The largest absolute Gasteiger partial charge is 0.301 e. The second kappa shape index (κ2) is 8.94. The SMILES string of the molecule is C=CCn1c(CS(=O)(=O)c2ccc(C)cc2)nnc1SCc1ccc(Cl)cc1. The molecule has 0 N–H and O–H groups in total. The van der Waals surface area contributed by atoms with Crippen LogP contribution in [0, 0.1) is 6.92 Å². The standard InChI is InChI=1S/C20H20ClN3O2S2/c1-3-12-24-19(14-28(25,26)18-10-4-15(2)5-11-18)22-23-20(24)27-13-16-6-8-17(21)9-7-16/h3-11H,1,12-14H2,2H3. The van der Waals surface area contributed by atoms with Gasteiger partial charge in [-0.1, -0.05) is 59.3 Å². The molecule has 0 amide bonds. The molecule has 8 heteroatoms. The Bertz CT molecular complexity index is 1060. The van der Waals surface area contributed by atoms with Crippen molar-refractivity contribution >= 4 is 33.2 Å². The maximum atomic E-state index is 12.8. The average Bonchev–Trinajstić information content (AvgIpc) is 3.03. The van der Waals surface area contributed by atoms with Crippen molar-refractivity contribution < 1.29 is 8.42 Å². The number of benzene rings is 2. The summed E-state index contributed by atoms with van der Waals surface area (Å²) in [6.07, 6.45) is 1.71. The number of thioether (sulfide) groups is 1. The molecule has 5 nitrogen and oxygen atoms in total. The Morgan fingerprint density at radius 3 is 2.43 bits per heavy atom. The minimum atomic E-state index is -3.51. The van der Waals surface area contributed by atoms with Gasteiger partial charge in [-0.15, -0.1) is 16.8 Å². The molecule has 0 bridgehead atoms. The Hall–Kier alpha value is -2.09. The number of halogens is 1. The first-order chi connectivity index (χ1) is 13.4. The number of hydrogen-bond donors (Lipinski definition) is 0. The molecule has 2 aromatic carbocycles. The van der Waals surface area contributed by atoms with Gasteiger partial charge in [0.1, 0.15) is 11.6 Å². The Morgan fingerprint density at radius 1 is 1.11 bits per heavy atom. The number of hydrogen-bond acceptors (Lipinski definition) is 5. The van der Waals surface area contributed by atoms with E-state index in [9.17, 15) is 8.42 Å². The highest BCUT2D eigenvalue weighted by Gasteiger charge is 2.21. The molecule has 0 unspecified atom stereocenters. The molecule has 0 radical (unpaired) electrons. The van der Waals surface area contributed by atoms with Gasteiger partial charge in [0.25, 0.3) is 0 Å². The van der Waals surface area contributed by atoms with Crippen molar-refractivity contribution in [3.63, 3.8) is 0 Å². The predicted octanol–water partition coefficient (Wildman–Crippen LogP) is 4.69. The van der Waals surface area contributed by atoms with Crippen LogP contribution in [0.4, 0.5) is 0 Å². The summed E-state index contributed by atoms with van der Waals surface area (Å²) >= 11 is 7.41. The summed E-state index contributed by atoms with van der Waals surface area (Å²) in [5.41, 5.74) is 2.10. The lowest BCUT2D eigenvalue weighted by Crippen LogP contribution is -2.11.